The van der Waals surface area contributed by atoms with Crippen molar-refractivity contribution < 1.29 is 17.9 Å². The van der Waals surface area contributed by atoms with Crippen molar-refractivity contribution in [1.82, 2.24) is 10.3 Å². The SMILES string of the molecule is CCOc1ccc2nc(N3CNC(=S)N(c4ccccc4C(F)(F)F)C3)sc2c1. The summed E-state index contributed by atoms with van der Waals surface area (Å²) in [5.41, 5.74) is 0.0995. The molecule has 0 amide bonds. The summed E-state index contributed by atoms with van der Waals surface area (Å²) in [5, 5.41) is 3.93. The Morgan fingerprint density at radius 1 is 1.24 bits per heavy atom. The van der Waals surface area contributed by atoms with E-state index in [1.807, 2.05) is 30.0 Å². The standard InChI is InChI=1S/C19H17F3N4OS2/c1-2-27-12-7-8-14-16(9-12)29-18(24-14)25-10-23-17(28)26(11-25)15-6-4-3-5-13(15)19(20,21)22/h3-9H,2,10-11H2,1H3,(H,23,28). The first kappa shape index (κ1) is 19.7. The Hall–Kier alpha value is -2.59. The summed E-state index contributed by atoms with van der Waals surface area (Å²) >= 11 is 6.75. The lowest BCUT2D eigenvalue weighted by Gasteiger charge is -2.38. The van der Waals surface area contributed by atoms with Crippen LogP contribution < -0.4 is 19.9 Å². The quantitative estimate of drug-likeness (QED) is 0.589. The topological polar surface area (TPSA) is 40.6 Å². The van der Waals surface area contributed by atoms with Gasteiger partial charge in [0.2, 0.25) is 0 Å². The third-order valence-electron chi connectivity index (χ3n) is 4.41. The number of anilines is 2. The van der Waals surface area contributed by atoms with Crippen LogP contribution in [0.1, 0.15) is 12.5 Å². The molecule has 0 aliphatic carbocycles. The van der Waals surface area contributed by atoms with E-state index < -0.39 is 11.7 Å². The van der Waals surface area contributed by atoms with Crippen LogP contribution in [-0.4, -0.2) is 30.0 Å². The lowest BCUT2D eigenvalue weighted by molar-refractivity contribution is -0.137. The zero-order valence-corrected chi connectivity index (χ0v) is 17.0. The molecule has 152 valence electrons. The Labute approximate surface area is 174 Å². The number of benzene rings is 2. The highest BCUT2D eigenvalue weighted by molar-refractivity contribution is 7.80. The van der Waals surface area contributed by atoms with E-state index in [4.69, 9.17) is 17.0 Å². The van der Waals surface area contributed by atoms with E-state index in [9.17, 15) is 13.2 Å². The van der Waals surface area contributed by atoms with Crippen molar-refractivity contribution in [2.24, 2.45) is 0 Å². The van der Waals surface area contributed by atoms with Crippen LogP contribution >= 0.6 is 23.6 Å². The molecule has 0 spiro atoms. The summed E-state index contributed by atoms with van der Waals surface area (Å²) in [7, 11) is 0. The van der Waals surface area contributed by atoms with E-state index in [1.54, 1.807) is 6.07 Å². The van der Waals surface area contributed by atoms with Gasteiger partial charge in [0.1, 0.15) is 12.4 Å². The third kappa shape index (κ3) is 3.95. The average molecular weight is 439 g/mol. The number of aromatic nitrogens is 1. The molecule has 2 heterocycles. The van der Waals surface area contributed by atoms with Gasteiger partial charge in [-0.1, -0.05) is 23.5 Å². The number of hydrogen-bond donors (Lipinski definition) is 1. The number of hydrogen-bond acceptors (Lipinski definition) is 5. The number of halogens is 3. The van der Waals surface area contributed by atoms with Gasteiger partial charge in [-0.2, -0.15) is 13.2 Å². The Balaban J connectivity index is 1.65. The maximum atomic E-state index is 13.5. The molecule has 29 heavy (non-hydrogen) atoms. The van der Waals surface area contributed by atoms with Gasteiger partial charge in [0.15, 0.2) is 10.2 Å². The van der Waals surface area contributed by atoms with E-state index in [-0.39, 0.29) is 17.5 Å². The maximum Gasteiger partial charge on any atom is 0.418 e. The minimum atomic E-state index is -4.47. The summed E-state index contributed by atoms with van der Waals surface area (Å²) in [6.07, 6.45) is -4.47. The van der Waals surface area contributed by atoms with Crippen molar-refractivity contribution >= 4 is 49.7 Å². The first-order valence-corrected chi connectivity index (χ1v) is 10.1. The maximum absolute atomic E-state index is 13.5. The van der Waals surface area contributed by atoms with Crippen molar-refractivity contribution in [3.8, 4) is 5.75 Å². The van der Waals surface area contributed by atoms with E-state index in [2.05, 4.69) is 10.3 Å². The molecule has 1 N–H and O–H groups in total. The normalized spacial score (nSPS) is 15.0. The van der Waals surface area contributed by atoms with Gasteiger partial charge >= 0.3 is 6.18 Å². The summed E-state index contributed by atoms with van der Waals surface area (Å²) in [4.78, 5) is 7.92. The minimum absolute atomic E-state index is 0.0157. The fraction of sp³-hybridized carbons (Fsp3) is 0.263. The van der Waals surface area contributed by atoms with Gasteiger partial charge in [-0.05, 0) is 49.5 Å². The third-order valence-corrected chi connectivity index (χ3v) is 5.85. The van der Waals surface area contributed by atoms with Crippen molar-refractivity contribution in [2.45, 2.75) is 13.1 Å². The molecule has 10 heteroatoms. The van der Waals surface area contributed by atoms with Gasteiger partial charge < -0.3 is 15.0 Å². The molecular formula is C19H17F3N4OS2. The molecule has 2 aromatic carbocycles. The average Bonchev–Trinajstić information content (AvgIpc) is 3.11. The molecule has 5 nitrogen and oxygen atoms in total. The van der Waals surface area contributed by atoms with E-state index in [0.717, 1.165) is 22.0 Å². The molecule has 0 unspecified atom stereocenters. The van der Waals surface area contributed by atoms with Crippen LogP contribution in [0.3, 0.4) is 0 Å². The summed E-state index contributed by atoms with van der Waals surface area (Å²) in [6.45, 7) is 3.01. The molecule has 1 aromatic heterocycles. The van der Waals surface area contributed by atoms with Crippen LogP contribution in [0, 0.1) is 0 Å². The highest BCUT2D eigenvalue weighted by Gasteiger charge is 2.36. The van der Waals surface area contributed by atoms with E-state index >= 15 is 0 Å². The Morgan fingerprint density at radius 2 is 2.03 bits per heavy atom. The van der Waals surface area contributed by atoms with Gasteiger partial charge in [-0.15, -0.1) is 0 Å². The number of rotatable bonds is 4. The van der Waals surface area contributed by atoms with Crippen LogP contribution in [0.4, 0.5) is 24.0 Å². The molecule has 0 saturated carbocycles. The lowest BCUT2D eigenvalue weighted by Crippen LogP contribution is -2.56. The molecule has 0 atom stereocenters. The molecule has 4 rings (SSSR count). The molecule has 1 aliphatic rings. The van der Waals surface area contributed by atoms with Crippen molar-refractivity contribution in [2.75, 3.05) is 29.7 Å². The highest BCUT2D eigenvalue weighted by Crippen LogP contribution is 2.38. The number of alkyl halides is 3. The molecule has 0 bridgehead atoms. The monoisotopic (exact) mass is 438 g/mol. The zero-order valence-electron chi connectivity index (χ0n) is 15.4. The second kappa shape index (κ2) is 7.68. The molecule has 1 fully saturated rings. The van der Waals surface area contributed by atoms with Crippen LogP contribution in [-0.2, 0) is 6.18 Å². The van der Waals surface area contributed by atoms with Crippen LogP contribution in [0.15, 0.2) is 42.5 Å². The fourth-order valence-electron chi connectivity index (χ4n) is 3.09. The summed E-state index contributed by atoms with van der Waals surface area (Å²) in [5.74, 6) is 0.758. The van der Waals surface area contributed by atoms with Gasteiger partial charge in [-0.25, -0.2) is 4.98 Å². The number of para-hydroxylation sites is 1. The molecule has 1 aliphatic heterocycles. The first-order valence-electron chi connectivity index (χ1n) is 8.86. The fourth-order valence-corrected chi connectivity index (χ4v) is 4.30. The molecule has 1 saturated heterocycles. The zero-order chi connectivity index (χ0) is 20.6. The Morgan fingerprint density at radius 3 is 2.79 bits per heavy atom. The van der Waals surface area contributed by atoms with Crippen molar-refractivity contribution in [3.63, 3.8) is 0 Å². The van der Waals surface area contributed by atoms with Gasteiger partial charge in [0.05, 0.1) is 34.7 Å². The van der Waals surface area contributed by atoms with Crippen molar-refractivity contribution in [3.05, 3.63) is 48.0 Å². The number of nitrogens with zero attached hydrogens (tertiary/aromatic N) is 3. The predicted octanol–water partition coefficient (Wildman–Crippen LogP) is 4.83. The summed E-state index contributed by atoms with van der Waals surface area (Å²) < 4.78 is 46.9. The second-order valence-corrected chi connectivity index (χ2v) is 7.72. The molecule has 3 aromatic rings. The largest absolute Gasteiger partial charge is 0.494 e. The number of nitrogens with one attached hydrogen (secondary N) is 1. The van der Waals surface area contributed by atoms with E-state index in [0.29, 0.717) is 18.4 Å². The highest BCUT2D eigenvalue weighted by atomic mass is 32.1. The summed E-state index contributed by atoms with van der Waals surface area (Å²) in [6, 6.07) is 11.1. The number of thiazole rings is 1. The minimum Gasteiger partial charge on any atom is -0.494 e. The Kier molecular flexibility index (Phi) is 5.22. The molecular weight excluding hydrogens is 421 g/mol. The Bertz CT molecular complexity index is 1050. The van der Waals surface area contributed by atoms with Crippen LogP contribution in [0.25, 0.3) is 10.2 Å². The lowest BCUT2D eigenvalue weighted by atomic mass is 10.1. The number of thiocarbonyl (C=S) groups is 1. The van der Waals surface area contributed by atoms with E-state index in [1.165, 1.54) is 28.4 Å². The predicted molar refractivity (Wildman–Crippen MR) is 113 cm³/mol. The van der Waals surface area contributed by atoms with Gasteiger partial charge in [0.25, 0.3) is 0 Å². The first-order chi connectivity index (χ1) is 13.9. The van der Waals surface area contributed by atoms with Crippen LogP contribution in [0.2, 0.25) is 0 Å². The molecule has 0 radical (unpaired) electrons. The van der Waals surface area contributed by atoms with Crippen LogP contribution in [0.5, 0.6) is 5.75 Å². The van der Waals surface area contributed by atoms with Crippen molar-refractivity contribution in [1.29, 1.82) is 0 Å². The second-order valence-electron chi connectivity index (χ2n) is 6.32. The number of ether oxygens (including phenoxy) is 1. The van der Waals surface area contributed by atoms with Gasteiger partial charge in [0, 0.05) is 0 Å². The van der Waals surface area contributed by atoms with Gasteiger partial charge in [-0.3, -0.25) is 4.90 Å². The number of fused-ring (bicyclic) bond motifs is 1. The smallest absolute Gasteiger partial charge is 0.418 e.